The van der Waals surface area contributed by atoms with Crippen molar-refractivity contribution in [3.63, 3.8) is 0 Å². The molecule has 1 heterocycles. The molecule has 0 aliphatic heterocycles. The van der Waals surface area contributed by atoms with E-state index in [9.17, 15) is 13.2 Å². The molecule has 8 heteroatoms. The Kier molecular flexibility index (Phi) is 5.81. The Labute approximate surface area is 166 Å². The van der Waals surface area contributed by atoms with Crippen molar-refractivity contribution in [2.75, 3.05) is 12.4 Å². The Hall–Kier alpha value is -2.32. The summed E-state index contributed by atoms with van der Waals surface area (Å²) in [7, 11) is -2.08. The van der Waals surface area contributed by atoms with E-state index in [4.69, 9.17) is 4.42 Å². The number of anilines is 1. The van der Waals surface area contributed by atoms with E-state index in [0.29, 0.717) is 5.69 Å². The van der Waals surface area contributed by atoms with Crippen molar-refractivity contribution in [3.8, 4) is 0 Å². The summed E-state index contributed by atoms with van der Waals surface area (Å²) in [6.45, 7) is 5.45. The lowest BCUT2D eigenvalue weighted by Crippen LogP contribution is -2.34. The molecule has 1 aliphatic carbocycles. The maximum absolute atomic E-state index is 12.7. The number of nitrogens with one attached hydrogen (secondary N) is 2. The second-order valence-corrected chi connectivity index (χ2v) is 9.43. The fraction of sp³-hybridized carbons (Fsp3) is 0.450. The van der Waals surface area contributed by atoms with Gasteiger partial charge in [0.1, 0.15) is 5.76 Å². The lowest BCUT2D eigenvalue weighted by molar-refractivity contribution is 0.246. The Morgan fingerprint density at radius 3 is 2.75 bits per heavy atom. The molecule has 1 aromatic carbocycles. The number of furan rings is 1. The van der Waals surface area contributed by atoms with Crippen LogP contribution in [-0.2, 0) is 16.4 Å². The molecular formula is C20H27N3O4S. The van der Waals surface area contributed by atoms with Gasteiger partial charge in [-0.2, -0.15) is 4.31 Å². The minimum absolute atomic E-state index is 0.109. The van der Waals surface area contributed by atoms with Crippen LogP contribution >= 0.6 is 0 Å². The first-order chi connectivity index (χ1) is 13.2. The average molecular weight is 406 g/mol. The van der Waals surface area contributed by atoms with Gasteiger partial charge >= 0.3 is 6.03 Å². The molecule has 0 saturated heterocycles. The van der Waals surface area contributed by atoms with E-state index in [1.807, 2.05) is 26.8 Å². The first kappa shape index (κ1) is 20.4. The van der Waals surface area contributed by atoms with Crippen LogP contribution < -0.4 is 10.6 Å². The van der Waals surface area contributed by atoms with Gasteiger partial charge in [0.05, 0.1) is 17.2 Å². The number of sulfonamides is 1. The maximum Gasteiger partial charge on any atom is 0.319 e. The van der Waals surface area contributed by atoms with E-state index in [-0.39, 0.29) is 23.0 Å². The van der Waals surface area contributed by atoms with E-state index in [1.54, 1.807) is 25.4 Å². The predicted molar refractivity (Wildman–Crippen MR) is 108 cm³/mol. The third-order valence-electron chi connectivity index (χ3n) is 5.22. The normalized spacial score (nSPS) is 16.9. The summed E-state index contributed by atoms with van der Waals surface area (Å²) in [5.74, 6) is 0.914. The van der Waals surface area contributed by atoms with Crippen LogP contribution in [0.4, 0.5) is 10.5 Å². The fourth-order valence-electron chi connectivity index (χ4n) is 3.29. The van der Waals surface area contributed by atoms with E-state index in [2.05, 4.69) is 10.6 Å². The molecule has 28 heavy (non-hydrogen) atoms. The monoisotopic (exact) mass is 405 g/mol. The third-order valence-corrected chi connectivity index (χ3v) is 7.25. The number of urea groups is 1. The molecule has 0 saturated carbocycles. The first-order valence-corrected chi connectivity index (χ1v) is 10.9. The summed E-state index contributed by atoms with van der Waals surface area (Å²) in [6.07, 6.45) is 4.31. The SMILES string of the molecule is Cc1ccc(S(=O)(=O)N(C)C(C)C)cc1NC(=O)NC1CCCc2occc21. The highest BCUT2D eigenvalue weighted by atomic mass is 32.2. The van der Waals surface area contributed by atoms with Gasteiger partial charge in [-0.3, -0.25) is 0 Å². The Balaban J connectivity index is 1.77. The average Bonchev–Trinajstić information content (AvgIpc) is 3.12. The summed E-state index contributed by atoms with van der Waals surface area (Å²) in [6, 6.07) is 6.02. The minimum atomic E-state index is -3.62. The van der Waals surface area contributed by atoms with Gasteiger partial charge < -0.3 is 15.1 Å². The number of amides is 2. The van der Waals surface area contributed by atoms with Gasteiger partial charge in [0.2, 0.25) is 10.0 Å². The highest BCUT2D eigenvalue weighted by Crippen LogP contribution is 2.30. The molecule has 1 aliphatic rings. The molecule has 1 unspecified atom stereocenters. The molecule has 0 radical (unpaired) electrons. The van der Waals surface area contributed by atoms with Gasteiger partial charge in [-0.1, -0.05) is 6.07 Å². The Morgan fingerprint density at radius 1 is 1.29 bits per heavy atom. The Bertz CT molecular complexity index is 966. The van der Waals surface area contributed by atoms with Crippen molar-refractivity contribution in [3.05, 3.63) is 47.4 Å². The molecule has 1 aromatic heterocycles. The zero-order valence-electron chi connectivity index (χ0n) is 16.7. The zero-order valence-corrected chi connectivity index (χ0v) is 17.5. The van der Waals surface area contributed by atoms with Crippen LogP contribution in [0.3, 0.4) is 0 Å². The van der Waals surface area contributed by atoms with Crippen molar-refractivity contribution in [1.82, 2.24) is 9.62 Å². The molecule has 7 nitrogen and oxygen atoms in total. The van der Waals surface area contributed by atoms with Crippen molar-refractivity contribution in [1.29, 1.82) is 0 Å². The van der Waals surface area contributed by atoms with Crippen LogP contribution in [0.2, 0.25) is 0 Å². The number of nitrogens with zero attached hydrogens (tertiary/aromatic N) is 1. The molecule has 152 valence electrons. The Morgan fingerprint density at radius 2 is 2.04 bits per heavy atom. The summed E-state index contributed by atoms with van der Waals surface area (Å²) in [5.41, 5.74) is 2.26. The molecule has 2 aromatic rings. The van der Waals surface area contributed by atoms with Crippen LogP contribution in [0.5, 0.6) is 0 Å². The topological polar surface area (TPSA) is 91.7 Å². The summed E-state index contributed by atoms with van der Waals surface area (Å²) in [4.78, 5) is 12.7. The largest absolute Gasteiger partial charge is 0.469 e. The second-order valence-electron chi connectivity index (χ2n) is 7.43. The lowest BCUT2D eigenvalue weighted by Gasteiger charge is -2.24. The van der Waals surface area contributed by atoms with Gasteiger partial charge in [0.25, 0.3) is 0 Å². The van der Waals surface area contributed by atoms with E-state index in [1.165, 1.54) is 10.4 Å². The number of fused-ring (bicyclic) bond motifs is 1. The van der Waals surface area contributed by atoms with E-state index >= 15 is 0 Å². The van der Waals surface area contributed by atoms with E-state index in [0.717, 1.165) is 36.1 Å². The van der Waals surface area contributed by atoms with Gasteiger partial charge in [0, 0.05) is 30.8 Å². The number of benzene rings is 1. The molecule has 0 bridgehead atoms. The van der Waals surface area contributed by atoms with Crippen LogP contribution in [-0.4, -0.2) is 31.8 Å². The highest BCUT2D eigenvalue weighted by molar-refractivity contribution is 7.89. The van der Waals surface area contributed by atoms with Crippen molar-refractivity contribution in [2.24, 2.45) is 0 Å². The van der Waals surface area contributed by atoms with Gasteiger partial charge in [-0.05, 0) is 57.4 Å². The fourth-order valence-corrected chi connectivity index (χ4v) is 4.69. The molecule has 2 amide bonds. The number of carbonyl (C=O) groups excluding carboxylic acids is 1. The van der Waals surface area contributed by atoms with Crippen LogP contribution in [0.15, 0.2) is 39.8 Å². The summed E-state index contributed by atoms with van der Waals surface area (Å²) in [5, 5.41) is 5.76. The summed E-state index contributed by atoms with van der Waals surface area (Å²) >= 11 is 0. The van der Waals surface area contributed by atoms with Gasteiger partial charge in [0.15, 0.2) is 0 Å². The van der Waals surface area contributed by atoms with E-state index < -0.39 is 10.0 Å². The molecule has 1 atom stereocenters. The van der Waals surface area contributed by atoms with Gasteiger partial charge in [-0.25, -0.2) is 13.2 Å². The summed E-state index contributed by atoms with van der Waals surface area (Å²) < 4.78 is 32.2. The second kappa shape index (κ2) is 7.97. The number of carbonyl (C=O) groups is 1. The number of hydrogen-bond donors (Lipinski definition) is 2. The van der Waals surface area contributed by atoms with Crippen molar-refractivity contribution >= 4 is 21.7 Å². The number of rotatable bonds is 5. The van der Waals surface area contributed by atoms with Gasteiger partial charge in [-0.15, -0.1) is 0 Å². The molecule has 3 rings (SSSR count). The van der Waals surface area contributed by atoms with Crippen molar-refractivity contribution < 1.29 is 17.6 Å². The zero-order chi connectivity index (χ0) is 20.5. The third kappa shape index (κ3) is 4.07. The predicted octanol–water partition coefficient (Wildman–Crippen LogP) is 3.82. The molecule has 0 spiro atoms. The maximum atomic E-state index is 12.7. The standard InChI is InChI=1S/C20H27N3O4S/c1-13(2)23(4)28(25,26)15-9-8-14(3)18(12-15)22-20(24)21-17-6-5-7-19-16(17)10-11-27-19/h8-13,17H,5-7H2,1-4H3,(H2,21,22,24). The number of aryl methyl sites for hydroxylation is 2. The van der Waals surface area contributed by atoms with Crippen LogP contribution in [0, 0.1) is 6.92 Å². The molecular weight excluding hydrogens is 378 g/mol. The molecule has 0 fully saturated rings. The van der Waals surface area contributed by atoms with Crippen molar-refractivity contribution in [2.45, 2.75) is 57.0 Å². The lowest BCUT2D eigenvalue weighted by atomic mass is 9.93. The molecule has 2 N–H and O–H groups in total. The number of hydrogen-bond acceptors (Lipinski definition) is 4. The first-order valence-electron chi connectivity index (χ1n) is 9.42. The van der Waals surface area contributed by atoms with Crippen LogP contribution in [0.1, 0.15) is 49.6 Å². The smallest absolute Gasteiger partial charge is 0.319 e. The minimum Gasteiger partial charge on any atom is -0.469 e. The highest BCUT2D eigenvalue weighted by Gasteiger charge is 2.26. The quantitative estimate of drug-likeness (QED) is 0.791. The van der Waals surface area contributed by atoms with Crippen LogP contribution in [0.25, 0.3) is 0 Å².